The summed E-state index contributed by atoms with van der Waals surface area (Å²) in [5, 5.41) is 0. The summed E-state index contributed by atoms with van der Waals surface area (Å²) in [4.78, 5) is 25.1. The molecule has 0 aromatic heterocycles. The molecule has 4 atom stereocenters. The third-order valence-electron chi connectivity index (χ3n) is 6.52. The van der Waals surface area contributed by atoms with Crippen molar-refractivity contribution in [3.8, 4) is 0 Å². The van der Waals surface area contributed by atoms with E-state index in [4.69, 9.17) is 18.9 Å². The van der Waals surface area contributed by atoms with Crippen LogP contribution in [0.1, 0.15) is 98.3 Å². The Labute approximate surface area is 196 Å². The molecule has 188 valence electrons. The van der Waals surface area contributed by atoms with E-state index in [0.717, 1.165) is 44.9 Å². The number of ether oxygens (including phenoxy) is 4. The fraction of sp³-hybridized carbons (Fsp3) is 0.923. The summed E-state index contributed by atoms with van der Waals surface area (Å²) in [7, 11) is 0. The zero-order chi connectivity index (χ0) is 23.6. The van der Waals surface area contributed by atoms with Crippen molar-refractivity contribution in [1.82, 2.24) is 0 Å². The molecule has 1 rings (SSSR count). The van der Waals surface area contributed by atoms with Gasteiger partial charge in [0.1, 0.15) is 0 Å². The highest BCUT2D eigenvalue weighted by atomic mass is 16.6. The molecular formula is C26H48O6. The molecule has 0 amide bonds. The minimum absolute atomic E-state index is 0.182. The summed E-state index contributed by atoms with van der Waals surface area (Å²) in [5.41, 5.74) is 0. The highest BCUT2D eigenvalue weighted by Crippen LogP contribution is 2.22. The molecule has 1 aliphatic rings. The predicted octanol–water partition coefficient (Wildman–Crippen LogP) is 5.71. The second kappa shape index (κ2) is 18.3. The smallest absolute Gasteiger partial charge is 0.311 e. The molecule has 0 aromatic carbocycles. The number of carbonyl (C=O) groups is 2. The Bertz CT molecular complexity index is 489. The second-order valence-corrected chi connectivity index (χ2v) is 9.13. The Hall–Kier alpha value is -1.14. The van der Waals surface area contributed by atoms with Gasteiger partial charge in [0.25, 0.3) is 0 Å². The Morgan fingerprint density at radius 1 is 0.844 bits per heavy atom. The van der Waals surface area contributed by atoms with Crippen LogP contribution in [-0.4, -0.2) is 51.1 Å². The van der Waals surface area contributed by atoms with Gasteiger partial charge in [-0.2, -0.15) is 0 Å². The molecule has 0 radical (unpaired) electrons. The Morgan fingerprint density at radius 3 is 2.00 bits per heavy atom. The summed E-state index contributed by atoms with van der Waals surface area (Å²) in [6.45, 7) is 11.0. The van der Waals surface area contributed by atoms with Crippen LogP contribution >= 0.6 is 0 Å². The van der Waals surface area contributed by atoms with E-state index >= 15 is 0 Å². The van der Waals surface area contributed by atoms with Gasteiger partial charge in [-0.1, -0.05) is 66.2 Å². The number of hydrogen-bond donors (Lipinski definition) is 0. The Balaban J connectivity index is 2.49. The minimum atomic E-state index is -0.403. The van der Waals surface area contributed by atoms with Crippen LogP contribution in [0.15, 0.2) is 0 Å². The topological polar surface area (TPSA) is 71.1 Å². The quantitative estimate of drug-likeness (QED) is 0.246. The molecule has 32 heavy (non-hydrogen) atoms. The zero-order valence-corrected chi connectivity index (χ0v) is 21.1. The molecule has 1 saturated heterocycles. The summed E-state index contributed by atoms with van der Waals surface area (Å²) in [6, 6.07) is 0. The highest BCUT2D eigenvalue weighted by Gasteiger charge is 2.32. The van der Waals surface area contributed by atoms with Gasteiger partial charge in [0, 0.05) is 6.42 Å². The predicted molar refractivity (Wildman–Crippen MR) is 126 cm³/mol. The molecule has 1 heterocycles. The maximum absolute atomic E-state index is 12.9. The molecule has 0 saturated carbocycles. The third kappa shape index (κ3) is 12.2. The summed E-state index contributed by atoms with van der Waals surface area (Å²) >= 11 is 0. The lowest BCUT2D eigenvalue weighted by Gasteiger charge is -2.29. The standard InChI is InChI=1S/C26H48O6/c1-5-9-12-21(7-3)18-31-25(27)15-11-14-23(24-20-29-16-17-30-24)26(28)32-19-22(8-4)13-10-6-2/h21-24H,5-20H2,1-4H3. The zero-order valence-electron chi connectivity index (χ0n) is 21.1. The normalized spacial score (nSPS) is 19.2. The summed E-state index contributed by atoms with van der Waals surface area (Å²) in [6.07, 6.45) is 9.97. The van der Waals surface area contributed by atoms with Crippen LogP contribution in [0.25, 0.3) is 0 Å². The molecule has 0 bridgehead atoms. The lowest BCUT2D eigenvalue weighted by Crippen LogP contribution is -2.40. The number of esters is 2. The SMILES string of the molecule is CCCCC(CC)COC(=O)CCCC(C(=O)OCC(CC)CCCC)C1COCCO1. The van der Waals surface area contributed by atoms with E-state index in [0.29, 0.717) is 64.1 Å². The molecule has 6 nitrogen and oxygen atoms in total. The van der Waals surface area contributed by atoms with Crippen LogP contribution in [0.2, 0.25) is 0 Å². The van der Waals surface area contributed by atoms with Crippen LogP contribution in [0.3, 0.4) is 0 Å². The average molecular weight is 457 g/mol. The van der Waals surface area contributed by atoms with Crippen LogP contribution in [0.5, 0.6) is 0 Å². The fourth-order valence-corrected chi connectivity index (χ4v) is 4.05. The average Bonchev–Trinajstić information content (AvgIpc) is 2.82. The van der Waals surface area contributed by atoms with Gasteiger partial charge < -0.3 is 18.9 Å². The van der Waals surface area contributed by atoms with E-state index in [1.165, 1.54) is 6.42 Å². The van der Waals surface area contributed by atoms with E-state index in [2.05, 4.69) is 27.7 Å². The largest absolute Gasteiger partial charge is 0.465 e. The molecule has 0 N–H and O–H groups in total. The van der Waals surface area contributed by atoms with Gasteiger partial charge in [0.2, 0.25) is 0 Å². The lowest BCUT2D eigenvalue weighted by atomic mass is 9.95. The summed E-state index contributed by atoms with van der Waals surface area (Å²) in [5.74, 6) is 0.0264. The van der Waals surface area contributed by atoms with Gasteiger partial charge in [-0.25, -0.2) is 0 Å². The molecule has 1 fully saturated rings. The maximum atomic E-state index is 12.9. The molecule has 0 spiro atoms. The van der Waals surface area contributed by atoms with E-state index in [1.807, 2.05) is 0 Å². The minimum Gasteiger partial charge on any atom is -0.465 e. The molecule has 0 aromatic rings. The van der Waals surface area contributed by atoms with E-state index in [9.17, 15) is 9.59 Å². The second-order valence-electron chi connectivity index (χ2n) is 9.13. The maximum Gasteiger partial charge on any atom is 0.311 e. The monoisotopic (exact) mass is 456 g/mol. The van der Waals surface area contributed by atoms with E-state index in [-0.39, 0.29) is 18.0 Å². The number of rotatable bonds is 18. The van der Waals surface area contributed by atoms with Crippen LogP contribution in [0, 0.1) is 17.8 Å². The molecule has 6 heteroatoms. The number of carbonyl (C=O) groups excluding carboxylic acids is 2. The molecule has 1 aliphatic heterocycles. The lowest BCUT2D eigenvalue weighted by molar-refractivity contribution is -0.166. The van der Waals surface area contributed by atoms with Crippen molar-refractivity contribution in [2.45, 2.75) is 104 Å². The fourth-order valence-electron chi connectivity index (χ4n) is 4.05. The first kappa shape index (κ1) is 28.9. The Kier molecular flexibility index (Phi) is 16.5. The van der Waals surface area contributed by atoms with Gasteiger partial charge in [0.15, 0.2) is 0 Å². The van der Waals surface area contributed by atoms with Crippen molar-refractivity contribution in [2.24, 2.45) is 17.8 Å². The van der Waals surface area contributed by atoms with Crippen molar-refractivity contribution in [2.75, 3.05) is 33.0 Å². The molecule has 0 aliphatic carbocycles. The highest BCUT2D eigenvalue weighted by molar-refractivity contribution is 5.73. The molecule has 4 unspecified atom stereocenters. The molecular weight excluding hydrogens is 408 g/mol. The van der Waals surface area contributed by atoms with E-state index in [1.54, 1.807) is 0 Å². The first-order chi connectivity index (χ1) is 15.5. The van der Waals surface area contributed by atoms with E-state index < -0.39 is 5.92 Å². The van der Waals surface area contributed by atoms with Crippen LogP contribution in [0.4, 0.5) is 0 Å². The Morgan fingerprint density at radius 2 is 1.47 bits per heavy atom. The first-order valence-corrected chi connectivity index (χ1v) is 13.1. The van der Waals surface area contributed by atoms with Crippen molar-refractivity contribution in [1.29, 1.82) is 0 Å². The van der Waals surface area contributed by atoms with Gasteiger partial charge in [-0.15, -0.1) is 0 Å². The van der Waals surface area contributed by atoms with Crippen molar-refractivity contribution in [3.05, 3.63) is 0 Å². The van der Waals surface area contributed by atoms with Gasteiger partial charge in [0.05, 0.1) is 45.1 Å². The van der Waals surface area contributed by atoms with Crippen LogP contribution < -0.4 is 0 Å². The van der Waals surface area contributed by atoms with Gasteiger partial charge >= 0.3 is 11.9 Å². The first-order valence-electron chi connectivity index (χ1n) is 13.1. The van der Waals surface area contributed by atoms with Crippen LogP contribution in [-0.2, 0) is 28.5 Å². The van der Waals surface area contributed by atoms with Crippen molar-refractivity contribution in [3.63, 3.8) is 0 Å². The number of hydrogen-bond acceptors (Lipinski definition) is 6. The number of unbranched alkanes of at least 4 members (excludes halogenated alkanes) is 2. The van der Waals surface area contributed by atoms with Crippen molar-refractivity contribution < 1.29 is 28.5 Å². The van der Waals surface area contributed by atoms with Gasteiger partial charge in [-0.3, -0.25) is 9.59 Å². The third-order valence-corrected chi connectivity index (χ3v) is 6.52. The van der Waals surface area contributed by atoms with Crippen molar-refractivity contribution >= 4 is 11.9 Å². The van der Waals surface area contributed by atoms with Gasteiger partial charge in [-0.05, 0) is 37.5 Å². The summed E-state index contributed by atoms with van der Waals surface area (Å²) < 4.78 is 22.5.